The lowest BCUT2D eigenvalue weighted by atomic mass is 10.0. The summed E-state index contributed by atoms with van der Waals surface area (Å²) in [4.78, 5) is 2.04. The topological polar surface area (TPSA) is 15.3 Å². The van der Waals surface area contributed by atoms with Crippen LogP contribution < -0.4 is 10.2 Å². The van der Waals surface area contributed by atoms with Crippen molar-refractivity contribution in [1.29, 1.82) is 0 Å². The second kappa shape index (κ2) is 6.88. The lowest BCUT2D eigenvalue weighted by Crippen LogP contribution is -2.25. The lowest BCUT2D eigenvalue weighted by Gasteiger charge is -2.25. The molecule has 0 fully saturated rings. The first kappa shape index (κ1) is 16.4. The molecule has 0 spiro atoms. The molecule has 2 aromatic carbocycles. The van der Waals surface area contributed by atoms with E-state index < -0.39 is 11.6 Å². The fourth-order valence-corrected chi connectivity index (χ4v) is 2.67. The molecule has 0 heterocycles. The summed E-state index contributed by atoms with van der Waals surface area (Å²) < 4.78 is 27.2. The summed E-state index contributed by atoms with van der Waals surface area (Å²) in [6.45, 7) is 3.86. The Balaban J connectivity index is 2.22. The first-order valence-corrected chi connectivity index (χ1v) is 7.38. The van der Waals surface area contributed by atoms with Crippen LogP contribution in [0.2, 0.25) is 0 Å². The van der Waals surface area contributed by atoms with E-state index in [4.69, 9.17) is 0 Å². The van der Waals surface area contributed by atoms with Gasteiger partial charge < -0.3 is 10.2 Å². The first-order valence-electron chi connectivity index (χ1n) is 7.38. The van der Waals surface area contributed by atoms with Crippen LogP contribution in [0.3, 0.4) is 0 Å². The number of benzene rings is 2. The first-order chi connectivity index (χ1) is 10.4. The zero-order valence-corrected chi connectivity index (χ0v) is 13.4. The maximum Gasteiger partial charge on any atom is 0.163 e. The molecular formula is C18H22F2N2. The van der Waals surface area contributed by atoms with Crippen LogP contribution in [-0.4, -0.2) is 14.1 Å². The predicted molar refractivity (Wildman–Crippen MR) is 87.1 cm³/mol. The smallest absolute Gasteiger partial charge is 0.163 e. The molecule has 0 bridgehead atoms. The van der Waals surface area contributed by atoms with Crippen LogP contribution in [0.15, 0.2) is 42.5 Å². The van der Waals surface area contributed by atoms with E-state index in [-0.39, 0.29) is 12.1 Å². The van der Waals surface area contributed by atoms with E-state index in [2.05, 4.69) is 5.32 Å². The number of rotatable bonds is 5. The molecule has 0 aliphatic carbocycles. The Morgan fingerprint density at radius 1 is 0.864 bits per heavy atom. The molecule has 1 N–H and O–H groups in total. The highest BCUT2D eigenvalue weighted by molar-refractivity contribution is 5.53. The van der Waals surface area contributed by atoms with E-state index >= 15 is 0 Å². The molecule has 0 aliphatic rings. The van der Waals surface area contributed by atoms with E-state index in [0.29, 0.717) is 5.56 Å². The van der Waals surface area contributed by atoms with Crippen molar-refractivity contribution in [3.8, 4) is 0 Å². The number of nitrogens with zero attached hydrogens (tertiary/aromatic N) is 1. The van der Waals surface area contributed by atoms with Crippen LogP contribution in [0.25, 0.3) is 0 Å². The molecule has 0 saturated heterocycles. The van der Waals surface area contributed by atoms with E-state index in [0.717, 1.165) is 17.3 Å². The number of halogens is 2. The van der Waals surface area contributed by atoms with E-state index in [1.165, 1.54) is 6.07 Å². The van der Waals surface area contributed by atoms with Crippen LogP contribution in [-0.2, 0) is 0 Å². The van der Waals surface area contributed by atoms with Crippen molar-refractivity contribution in [2.24, 2.45) is 0 Å². The quantitative estimate of drug-likeness (QED) is 0.878. The molecule has 2 rings (SSSR count). The molecule has 0 saturated carbocycles. The zero-order chi connectivity index (χ0) is 16.3. The lowest BCUT2D eigenvalue weighted by molar-refractivity contribution is 0.449. The normalized spacial score (nSPS) is 13.7. The minimum absolute atomic E-state index is 0.0104. The second-order valence-electron chi connectivity index (χ2n) is 5.71. The molecule has 4 heteroatoms. The third-order valence-electron chi connectivity index (χ3n) is 3.83. The van der Waals surface area contributed by atoms with Crippen LogP contribution in [0, 0.1) is 11.6 Å². The molecule has 2 atom stereocenters. The van der Waals surface area contributed by atoms with Crippen molar-refractivity contribution in [2.45, 2.75) is 25.9 Å². The summed E-state index contributed by atoms with van der Waals surface area (Å²) in [5.74, 6) is -1.59. The molecule has 0 radical (unpaired) electrons. The van der Waals surface area contributed by atoms with Gasteiger partial charge in [-0.05, 0) is 31.5 Å². The molecule has 2 aromatic rings. The van der Waals surface area contributed by atoms with Crippen LogP contribution in [0.1, 0.15) is 37.1 Å². The molecule has 2 unspecified atom stereocenters. The van der Waals surface area contributed by atoms with Gasteiger partial charge in [0.05, 0.1) is 0 Å². The fourth-order valence-electron chi connectivity index (χ4n) is 2.67. The minimum Gasteiger partial charge on any atom is -0.377 e. The highest BCUT2D eigenvalue weighted by Crippen LogP contribution is 2.28. The van der Waals surface area contributed by atoms with Crippen molar-refractivity contribution < 1.29 is 8.78 Å². The van der Waals surface area contributed by atoms with Gasteiger partial charge >= 0.3 is 0 Å². The summed E-state index contributed by atoms with van der Waals surface area (Å²) in [7, 11) is 3.97. The Morgan fingerprint density at radius 3 is 2.14 bits per heavy atom. The van der Waals surface area contributed by atoms with Gasteiger partial charge in [0.25, 0.3) is 0 Å². The van der Waals surface area contributed by atoms with Crippen molar-refractivity contribution in [3.63, 3.8) is 0 Å². The van der Waals surface area contributed by atoms with Crippen molar-refractivity contribution in [2.75, 3.05) is 19.0 Å². The average Bonchev–Trinajstić information content (AvgIpc) is 2.49. The number of hydrogen-bond donors (Lipinski definition) is 1. The highest BCUT2D eigenvalue weighted by Gasteiger charge is 2.18. The molecule has 0 aromatic heterocycles. The summed E-state index contributed by atoms with van der Waals surface area (Å²) in [6.07, 6.45) is 0. The molecular weight excluding hydrogens is 282 g/mol. The number of hydrogen-bond acceptors (Lipinski definition) is 2. The van der Waals surface area contributed by atoms with Crippen molar-refractivity contribution in [1.82, 2.24) is 5.32 Å². The van der Waals surface area contributed by atoms with E-state index in [9.17, 15) is 8.78 Å². The third-order valence-corrected chi connectivity index (χ3v) is 3.83. The van der Waals surface area contributed by atoms with Gasteiger partial charge in [-0.1, -0.05) is 30.3 Å². The third kappa shape index (κ3) is 3.45. The van der Waals surface area contributed by atoms with Gasteiger partial charge in [0.15, 0.2) is 11.6 Å². The van der Waals surface area contributed by atoms with Crippen LogP contribution >= 0.6 is 0 Å². The Hall–Kier alpha value is -1.94. The Bertz CT molecular complexity index is 641. The number of nitrogens with one attached hydrogen (secondary N) is 1. The molecule has 118 valence electrons. The van der Waals surface area contributed by atoms with Gasteiger partial charge in [0, 0.05) is 37.4 Å². The summed E-state index contributed by atoms with van der Waals surface area (Å²) in [5.41, 5.74) is 2.57. The molecule has 0 amide bonds. The van der Waals surface area contributed by atoms with Crippen LogP contribution in [0.5, 0.6) is 0 Å². The number of para-hydroxylation sites is 1. The van der Waals surface area contributed by atoms with Gasteiger partial charge in [-0.25, -0.2) is 8.78 Å². The monoisotopic (exact) mass is 304 g/mol. The van der Waals surface area contributed by atoms with E-state index in [1.807, 2.05) is 57.1 Å². The second-order valence-corrected chi connectivity index (χ2v) is 5.71. The molecule has 22 heavy (non-hydrogen) atoms. The largest absolute Gasteiger partial charge is 0.377 e. The maximum atomic E-state index is 13.9. The van der Waals surface area contributed by atoms with E-state index in [1.54, 1.807) is 6.07 Å². The van der Waals surface area contributed by atoms with Gasteiger partial charge in [0.2, 0.25) is 0 Å². The minimum atomic E-state index is -0.813. The van der Waals surface area contributed by atoms with Crippen molar-refractivity contribution in [3.05, 3.63) is 65.2 Å². The van der Waals surface area contributed by atoms with Gasteiger partial charge in [-0.2, -0.15) is 0 Å². The Labute approximate surface area is 130 Å². The van der Waals surface area contributed by atoms with Gasteiger partial charge in [-0.3, -0.25) is 0 Å². The highest BCUT2D eigenvalue weighted by atomic mass is 19.2. The summed E-state index contributed by atoms with van der Waals surface area (Å²) in [5, 5.41) is 3.34. The average molecular weight is 304 g/mol. The Morgan fingerprint density at radius 2 is 1.45 bits per heavy atom. The Kier molecular flexibility index (Phi) is 5.14. The maximum absolute atomic E-state index is 13.9. The predicted octanol–water partition coefficient (Wildman–Crippen LogP) is 4.44. The fraction of sp³-hybridized carbons (Fsp3) is 0.333. The van der Waals surface area contributed by atoms with Gasteiger partial charge in [-0.15, -0.1) is 0 Å². The van der Waals surface area contributed by atoms with Crippen LogP contribution in [0.4, 0.5) is 14.5 Å². The number of anilines is 1. The molecule has 0 aliphatic heterocycles. The van der Waals surface area contributed by atoms with Gasteiger partial charge in [0.1, 0.15) is 0 Å². The zero-order valence-electron chi connectivity index (χ0n) is 13.4. The molecule has 2 nitrogen and oxygen atoms in total. The summed E-state index contributed by atoms with van der Waals surface area (Å²) >= 11 is 0. The summed E-state index contributed by atoms with van der Waals surface area (Å²) in [6, 6.07) is 12.1. The SMILES string of the molecule is CC(NC(C)c1cccc(F)c1F)c1ccccc1N(C)C. The standard InChI is InChI=1S/C18H22F2N2/c1-12(14-8-5-6-11-17(14)22(3)4)21-13(2)15-9-7-10-16(19)18(15)20/h5-13,21H,1-4H3. The van der Waals surface area contributed by atoms with Crippen molar-refractivity contribution >= 4 is 5.69 Å².